The third kappa shape index (κ3) is 3.14. The molecule has 1 heterocycles. The van der Waals surface area contributed by atoms with Gasteiger partial charge in [-0.3, -0.25) is 9.53 Å². The molecule has 1 atom stereocenters. The fourth-order valence-electron chi connectivity index (χ4n) is 1.35. The van der Waals surface area contributed by atoms with Crippen LogP contribution in [0.25, 0.3) is 11.1 Å². The third-order valence-electron chi connectivity index (χ3n) is 2.16. The van der Waals surface area contributed by atoms with Crippen molar-refractivity contribution in [2.45, 2.75) is 4.90 Å². The Morgan fingerprint density at radius 1 is 1.50 bits per heavy atom. The minimum Gasteiger partial charge on any atom is -0.465 e. The molecule has 2 aliphatic carbocycles. The zero-order valence-electron chi connectivity index (χ0n) is 9.41. The molecule has 5 nitrogen and oxygen atoms in total. The minimum atomic E-state index is -1.08. The van der Waals surface area contributed by atoms with Crippen LogP contribution in [0.4, 0.5) is 9.93 Å². The predicted octanol–water partition coefficient (Wildman–Crippen LogP) is 2.64. The van der Waals surface area contributed by atoms with Gasteiger partial charge in [0.2, 0.25) is 0 Å². The Bertz CT molecular complexity index is 596. The second-order valence-electron chi connectivity index (χ2n) is 3.43. The van der Waals surface area contributed by atoms with Gasteiger partial charge in [0.15, 0.2) is 5.13 Å². The van der Waals surface area contributed by atoms with Gasteiger partial charge in [0.05, 0.1) is 10.8 Å². The van der Waals surface area contributed by atoms with E-state index in [1.807, 2.05) is 12.1 Å². The lowest BCUT2D eigenvalue weighted by Crippen LogP contribution is -2.06. The van der Waals surface area contributed by atoms with E-state index >= 15 is 0 Å². The molecule has 1 aromatic heterocycles. The van der Waals surface area contributed by atoms with Crippen LogP contribution in [-0.4, -0.2) is 26.6 Å². The van der Waals surface area contributed by atoms with Gasteiger partial charge in [-0.15, -0.1) is 11.3 Å². The molecule has 0 aromatic carbocycles. The molecular formula is C11H10N2O3S2. The molecule has 0 bridgehead atoms. The Morgan fingerprint density at radius 2 is 2.28 bits per heavy atom. The van der Waals surface area contributed by atoms with Crippen molar-refractivity contribution in [2.75, 3.05) is 11.6 Å². The van der Waals surface area contributed by atoms with E-state index in [0.29, 0.717) is 5.13 Å². The summed E-state index contributed by atoms with van der Waals surface area (Å²) >= 11 is 1.25. The van der Waals surface area contributed by atoms with E-state index in [0.717, 1.165) is 4.90 Å². The molecule has 0 saturated heterocycles. The lowest BCUT2D eigenvalue weighted by atomic mass is 10.5. The number of amides is 1. The molecule has 0 saturated carbocycles. The number of hydrogen-bond donors (Lipinski definition) is 2. The van der Waals surface area contributed by atoms with Crippen LogP contribution in [0, 0.1) is 0 Å². The SMILES string of the molecule is CS(=O)c1ccc2cc1-2.O=C(O)Nc1nccs1. The van der Waals surface area contributed by atoms with Crippen molar-refractivity contribution in [1.29, 1.82) is 0 Å². The molecule has 0 spiro atoms. The fraction of sp³-hybridized carbons (Fsp3) is 0.0909. The maximum atomic E-state index is 10.9. The van der Waals surface area contributed by atoms with Crippen molar-refractivity contribution in [2.24, 2.45) is 0 Å². The van der Waals surface area contributed by atoms with E-state index in [2.05, 4.69) is 16.4 Å². The van der Waals surface area contributed by atoms with Crippen molar-refractivity contribution in [3.63, 3.8) is 0 Å². The summed E-state index contributed by atoms with van der Waals surface area (Å²) in [7, 11) is -0.789. The smallest absolute Gasteiger partial charge is 0.410 e. The fourth-order valence-corrected chi connectivity index (χ4v) is 2.62. The van der Waals surface area contributed by atoms with Gasteiger partial charge in [-0.05, 0) is 23.3 Å². The monoisotopic (exact) mass is 282 g/mol. The van der Waals surface area contributed by atoms with Crippen molar-refractivity contribution < 1.29 is 14.1 Å². The van der Waals surface area contributed by atoms with Crippen LogP contribution < -0.4 is 5.32 Å². The summed E-state index contributed by atoms with van der Waals surface area (Å²) in [5.41, 5.74) is 2.47. The Kier molecular flexibility index (Phi) is 3.73. The number of nitrogens with one attached hydrogen (secondary N) is 1. The van der Waals surface area contributed by atoms with Crippen LogP contribution in [0.3, 0.4) is 0 Å². The van der Waals surface area contributed by atoms with Crippen molar-refractivity contribution in [1.82, 2.24) is 4.98 Å². The Balaban J connectivity index is 0.000000134. The number of fused-ring (bicyclic) bond motifs is 1. The van der Waals surface area contributed by atoms with Crippen LogP contribution in [0.5, 0.6) is 0 Å². The third-order valence-corrected chi connectivity index (χ3v) is 3.83. The Morgan fingerprint density at radius 3 is 2.61 bits per heavy atom. The molecule has 1 aromatic rings. The molecule has 0 radical (unpaired) electrons. The molecule has 1 amide bonds. The van der Waals surface area contributed by atoms with Crippen LogP contribution in [-0.2, 0) is 10.8 Å². The second kappa shape index (κ2) is 5.28. The largest absolute Gasteiger partial charge is 0.465 e. The van der Waals surface area contributed by atoms with Crippen molar-refractivity contribution >= 4 is 33.4 Å². The maximum Gasteiger partial charge on any atom is 0.410 e. The molecule has 1 unspecified atom stereocenters. The van der Waals surface area contributed by atoms with Gasteiger partial charge in [-0.1, -0.05) is 6.07 Å². The molecule has 2 N–H and O–H groups in total. The van der Waals surface area contributed by atoms with Crippen LogP contribution in [0.2, 0.25) is 0 Å². The zero-order chi connectivity index (χ0) is 13.1. The molecule has 0 fully saturated rings. The van der Waals surface area contributed by atoms with Crippen molar-refractivity contribution in [3.8, 4) is 11.1 Å². The van der Waals surface area contributed by atoms with E-state index in [1.54, 1.807) is 11.6 Å². The summed E-state index contributed by atoms with van der Waals surface area (Å²) < 4.78 is 10.9. The summed E-state index contributed by atoms with van der Waals surface area (Å²) in [5, 5.41) is 12.4. The first-order valence-electron chi connectivity index (χ1n) is 4.95. The summed E-state index contributed by atoms with van der Waals surface area (Å²) in [5.74, 6) is 0. The van der Waals surface area contributed by atoms with E-state index in [-0.39, 0.29) is 0 Å². The van der Waals surface area contributed by atoms with Gasteiger partial charge in [-0.2, -0.15) is 0 Å². The summed E-state index contributed by atoms with van der Waals surface area (Å²) in [6.07, 6.45) is 2.17. The average Bonchev–Trinajstić information content (AvgIpc) is 2.76. The highest BCUT2D eigenvalue weighted by Gasteiger charge is 2.18. The topological polar surface area (TPSA) is 79.3 Å². The van der Waals surface area contributed by atoms with Gasteiger partial charge < -0.3 is 5.11 Å². The highest BCUT2D eigenvalue weighted by atomic mass is 32.2. The van der Waals surface area contributed by atoms with Gasteiger partial charge in [0.1, 0.15) is 0 Å². The van der Waals surface area contributed by atoms with Gasteiger partial charge in [-0.25, -0.2) is 9.78 Å². The first-order valence-corrected chi connectivity index (χ1v) is 7.39. The summed E-state index contributed by atoms with van der Waals surface area (Å²) in [6.45, 7) is 0. The molecule has 3 rings (SSSR count). The Labute approximate surface area is 110 Å². The van der Waals surface area contributed by atoms with Crippen LogP contribution in [0.15, 0.2) is 34.7 Å². The predicted molar refractivity (Wildman–Crippen MR) is 71.5 cm³/mol. The quantitative estimate of drug-likeness (QED) is 0.757. The first-order chi connectivity index (χ1) is 8.58. The normalized spacial score (nSPS) is 12.1. The Hall–Kier alpha value is -1.73. The van der Waals surface area contributed by atoms with Crippen LogP contribution in [0.1, 0.15) is 0 Å². The molecule has 0 aliphatic heterocycles. The molecule has 2 aliphatic rings. The van der Waals surface area contributed by atoms with E-state index in [1.165, 1.54) is 28.7 Å². The highest BCUT2D eigenvalue weighted by molar-refractivity contribution is 7.84. The number of aromatic nitrogens is 1. The van der Waals surface area contributed by atoms with Gasteiger partial charge in [0, 0.05) is 22.7 Å². The second-order valence-corrected chi connectivity index (χ2v) is 5.68. The van der Waals surface area contributed by atoms with Gasteiger partial charge in [0.25, 0.3) is 0 Å². The lowest BCUT2D eigenvalue weighted by Gasteiger charge is -1.89. The average molecular weight is 282 g/mol. The number of carbonyl (C=O) groups is 1. The number of thiazole rings is 1. The molecular weight excluding hydrogens is 272 g/mol. The molecule has 18 heavy (non-hydrogen) atoms. The zero-order valence-corrected chi connectivity index (χ0v) is 11.0. The number of hydrogen-bond acceptors (Lipinski definition) is 4. The number of rotatable bonds is 2. The van der Waals surface area contributed by atoms with E-state index < -0.39 is 16.9 Å². The van der Waals surface area contributed by atoms with Gasteiger partial charge >= 0.3 is 6.09 Å². The number of anilines is 1. The summed E-state index contributed by atoms with van der Waals surface area (Å²) in [4.78, 5) is 14.6. The summed E-state index contributed by atoms with van der Waals surface area (Å²) in [6, 6.07) is 5.99. The highest BCUT2D eigenvalue weighted by Crippen LogP contribution is 2.39. The first kappa shape index (κ1) is 12.7. The molecule has 7 heteroatoms. The van der Waals surface area contributed by atoms with E-state index in [4.69, 9.17) is 5.11 Å². The standard InChI is InChI=1S/C7H6OS.C4H4N2O2S/c1-9(8)7-3-2-5-4-6(5)7;7-4(8)6-3-5-1-2-9-3/h2-4H,1H3;1-2H,(H,5,6)(H,7,8). The minimum absolute atomic E-state index is 0.405. The number of nitrogens with zero attached hydrogens (tertiary/aromatic N) is 1. The van der Waals surface area contributed by atoms with Crippen molar-refractivity contribution in [3.05, 3.63) is 29.8 Å². The molecule has 94 valence electrons. The lowest BCUT2D eigenvalue weighted by molar-refractivity contribution is 0.209. The maximum absolute atomic E-state index is 10.9. The number of carboxylic acid groups (broad SMARTS) is 1. The van der Waals surface area contributed by atoms with E-state index in [9.17, 15) is 9.00 Å². The number of benzene rings is 1. The van der Waals surface area contributed by atoms with Crippen LogP contribution >= 0.6 is 11.3 Å².